The first-order valence-corrected chi connectivity index (χ1v) is 26.9. The van der Waals surface area contributed by atoms with E-state index in [2.05, 4.69) is 55.2 Å². The first kappa shape index (κ1) is 40.8. The van der Waals surface area contributed by atoms with E-state index in [1.807, 2.05) is 39.0 Å². The molecule has 13 rings (SSSR count). The van der Waals surface area contributed by atoms with E-state index in [9.17, 15) is 9.59 Å². The molecule has 13 aliphatic carbocycles. The molecule has 0 saturated heterocycles. The number of carbonyl (C=O) groups excluding carboxylic acids is 2. The first-order valence-electron chi connectivity index (χ1n) is 26.9. The van der Waals surface area contributed by atoms with Crippen LogP contribution in [0, 0.1) is 107 Å². The molecule has 0 aromatic carbocycles. The van der Waals surface area contributed by atoms with Crippen LogP contribution in [0.3, 0.4) is 0 Å². The van der Waals surface area contributed by atoms with E-state index < -0.39 is 0 Å². The van der Waals surface area contributed by atoms with Crippen molar-refractivity contribution in [3.63, 3.8) is 0 Å². The summed E-state index contributed by atoms with van der Waals surface area (Å²) >= 11 is 0. The van der Waals surface area contributed by atoms with Crippen molar-refractivity contribution in [2.75, 3.05) is 14.2 Å². The Balaban J connectivity index is 0.788. The Labute approximate surface area is 384 Å². The van der Waals surface area contributed by atoms with Gasteiger partial charge in [0, 0.05) is 24.7 Å². The fourth-order valence-electron chi connectivity index (χ4n) is 20.2. The second-order valence-electron chi connectivity index (χ2n) is 23.5. The van der Waals surface area contributed by atoms with Crippen LogP contribution >= 0.6 is 0 Å². The Morgan fingerprint density at radius 1 is 0.641 bits per heavy atom. The summed E-state index contributed by atoms with van der Waals surface area (Å²) in [5, 5.41) is 0. The highest BCUT2D eigenvalue weighted by molar-refractivity contribution is 5.69. The highest BCUT2D eigenvalue weighted by Gasteiger charge is 2.80. The maximum Gasteiger partial charge on any atom is 0.305 e. The average molecular weight is 859 g/mol. The minimum absolute atomic E-state index is 0.0834. The van der Waals surface area contributed by atoms with Crippen molar-refractivity contribution < 1.29 is 19.1 Å². The molecule has 0 N–H and O–H groups in total. The van der Waals surface area contributed by atoms with Gasteiger partial charge >= 0.3 is 11.9 Å². The second-order valence-corrected chi connectivity index (χ2v) is 23.5. The van der Waals surface area contributed by atoms with E-state index in [1.165, 1.54) is 76.7 Å². The summed E-state index contributed by atoms with van der Waals surface area (Å²) in [6.45, 7) is 4.39. The monoisotopic (exact) mass is 859 g/mol. The van der Waals surface area contributed by atoms with Crippen LogP contribution in [0.15, 0.2) is 105 Å². The maximum absolute atomic E-state index is 11.8. The van der Waals surface area contributed by atoms with Gasteiger partial charge in [-0.2, -0.15) is 0 Å². The molecule has 7 saturated carbocycles. The molecule has 0 spiro atoms. The zero-order chi connectivity index (χ0) is 43.0. The fraction of sp³-hybridized carbons (Fsp3) is 0.667. The van der Waals surface area contributed by atoms with Gasteiger partial charge in [0.25, 0.3) is 0 Å². The molecule has 7 fully saturated rings. The molecule has 13 aliphatic rings. The fourth-order valence-corrected chi connectivity index (χ4v) is 20.2. The van der Waals surface area contributed by atoms with Crippen molar-refractivity contribution in [3.8, 4) is 0 Å². The third-order valence-electron chi connectivity index (χ3n) is 21.6. The van der Waals surface area contributed by atoms with Gasteiger partial charge in [0.05, 0.1) is 14.2 Å². The van der Waals surface area contributed by atoms with Crippen molar-refractivity contribution in [3.05, 3.63) is 105 Å². The standard InChI is InChI=1S/C60H74O4/c1-32(15-8-4-6-10-21-44(61)63-2)16-12-13-18-33(17-9-5-7-11-22-45(62)64-3)23-24-36-38-26-28-39-40-29-30-42-41-27-25-37-35-20-14-19-34-31-43-54-48(36)47(38)49(39)57-52(40)53(42)58-51(41)50(37)56(46(34)35)55(43)60(58)59(54)57/h12,16,18-19,23-25,27,36-37,40-43,48,50-60H,1,4-11,13-15,17,20-22,26,28-31H2,2-3H3/b16-12-,24-23-,33-18-. The molecule has 0 amide bonds. The van der Waals surface area contributed by atoms with Crippen molar-refractivity contribution in [2.45, 2.75) is 128 Å². The van der Waals surface area contributed by atoms with Gasteiger partial charge in [0.15, 0.2) is 0 Å². The number of hydrogen-bond acceptors (Lipinski definition) is 4. The van der Waals surface area contributed by atoms with Crippen LogP contribution in [0.4, 0.5) is 0 Å². The smallest absolute Gasteiger partial charge is 0.305 e. The van der Waals surface area contributed by atoms with E-state index in [0.717, 1.165) is 165 Å². The van der Waals surface area contributed by atoms with Crippen molar-refractivity contribution in [1.82, 2.24) is 0 Å². The molecule has 0 aromatic rings. The highest BCUT2D eigenvalue weighted by atomic mass is 16.5. The summed E-state index contributed by atoms with van der Waals surface area (Å²) in [4.78, 5) is 23.2. The number of methoxy groups -OCH3 is 2. The number of esters is 2. The molecular formula is C60H74O4. The molecule has 18 unspecified atom stereocenters. The Kier molecular flexibility index (Phi) is 10.1. The lowest BCUT2D eigenvalue weighted by Crippen LogP contribution is -2.57. The normalized spacial score (nSPS) is 43.2. The number of fused-ring (bicyclic) bond motifs is 5. The summed E-state index contributed by atoms with van der Waals surface area (Å²) in [7, 11) is 2.97. The number of ether oxygens (including phenoxy) is 2. The van der Waals surface area contributed by atoms with Gasteiger partial charge < -0.3 is 9.47 Å². The summed E-state index contributed by atoms with van der Waals surface area (Å²) in [6, 6.07) is 0. The number of hydrogen-bond donors (Lipinski definition) is 0. The molecule has 18 atom stereocenters. The lowest BCUT2D eigenvalue weighted by molar-refractivity contribution is -0.141. The van der Waals surface area contributed by atoms with Crippen molar-refractivity contribution in [1.29, 1.82) is 0 Å². The molecular weight excluding hydrogens is 785 g/mol. The summed E-state index contributed by atoms with van der Waals surface area (Å²) < 4.78 is 9.71. The van der Waals surface area contributed by atoms with E-state index in [0.29, 0.717) is 18.8 Å². The SMILES string of the molecule is C=C(/C=C\C/C=C(\C=C/C1C2=C3C4=C(CC2)C2CCC5C6C=CC7C8=C9C(=CCC8)CC8C(C31)C1C4C2C5C2C6C7C9C8C12)CCCCCCC(=O)OC)CCCCCCC(=O)OC. The Bertz CT molecular complexity index is 2270. The van der Waals surface area contributed by atoms with Crippen molar-refractivity contribution >= 4 is 11.9 Å². The topological polar surface area (TPSA) is 52.6 Å². The lowest BCUT2D eigenvalue weighted by Gasteiger charge is -2.62. The van der Waals surface area contributed by atoms with Crippen LogP contribution in [0.1, 0.15) is 128 Å². The molecule has 338 valence electrons. The van der Waals surface area contributed by atoms with Crippen LogP contribution in [-0.2, 0) is 19.1 Å². The largest absolute Gasteiger partial charge is 0.469 e. The zero-order valence-electron chi connectivity index (χ0n) is 39.0. The third kappa shape index (κ3) is 5.77. The van der Waals surface area contributed by atoms with Gasteiger partial charge in [-0.05, 0) is 207 Å². The Morgan fingerprint density at radius 3 is 2.14 bits per heavy atom. The van der Waals surface area contributed by atoms with Crippen molar-refractivity contribution in [2.24, 2.45) is 107 Å². The molecule has 0 radical (unpaired) electrons. The van der Waals surface area contributed by atoms with Gasteiger partial charge in [-0.1, -0.05) is 109 Å². The van der Waals surface area contributed by atoms with E-state index in [1.54, 1.807) is 0 Å². The number of rotatable bonds is 19. The Hall–Kier alpha value is -3.40. The van der Waals surface area contributed by atoms with Crippen LogP contribution in [0.25, 0.3) is 0 Å². The number of carbonyl (C=O) groups is 2. The molecule has 64 heavy (non-hydrogen) atoms. The van der Waals surface area contributed by atoms with E-state index in [4.69, 9.17) is 9.47 Å². The first-order chi connectivity index (χ1) is 31.5. The summed E-state index contributed by atoms with van der Waals surface area (Å²) in [5.74, 6) is 16.1. The Morgan fingerprint density at radius 2 is 1.34 bits per heavy atom. The lowest BCUT2D eigenvalue weighted by atomic mass is 9.42. The molecule has 0 heterocycles. The predicted molar refractivity (Wildman–Crippen MR) is 253 cm³/mol. The number of unbranched alkanes of at least 4 members (excludes halogenated alkanes) is 6. The van der Waals surface area contributed by atoms with E-state index in [-0.39, 0.29) is 11.9 Å². The van der Waals surface area contributed by atoms with Gasteiger partial charge in [0.1, 0.15) is 0 Å². The molecule has 0 aliphatic heterocycles. The van der Waals surface area contributed by atoms with Crippen LogP contribution in [0.5, 0.6) is 0 Å². The number of allylic oxidation sites excluding steroid dienone is 17. The second kappa shape index (κ2) is 15.9. The van der Waals surface area contributed by atoms with Gasteiger partial charge in [0.2, 0.25) is 0 Å². The van der Waals surface area contributed by atoms with E-state index >= 15 is 0 Å². The zero-order valence-corrected chi connectivity index (χ0v) is 39.0. The highest BCUT2D eigenvalue weighted by Crippen LogP contribution is 2.86. The van der Waals surface area contributed by atoms with Crippen LogP contribution < -0.4 is 0 Å². The molecule has 4 nitrogen and oxygen atoms in total. The van der Waals surface area contributed by atoms with Gasteiger partial charge in [-0.25, -0.2) is 0 Å². The summed E-state index contributed by atoms with van der Waals surface area (Å²) in [5.41, 5.74) is 16.4. The minimum Gasteiger partial charge on any atom is -0.469 e. The predicted octanol–water partition coefficient (Wildman–Crippen LogP) is 13.4. The van der Waals surface area contributed by atoms with Crippen LogP contribution in [0.2, 0.25) is 0 Å². The molecule has 0 aromatic heterocycles. The maximum atomic E-state index is 11.8. The molecule has 0 bridgehead atoms. The van der Waals surface area contributed by atoms with Gasteiger partial charge in [-0.3, -0.25) is 9.59 Å². The minimum atomic E-state index is -0.102. The summed E-state index contributed by atoms with van der Waals surface area (Å²) in [6.07, 6.45) is 43.5. The van der Waals surface area contributed by atoms with Crippen LogP contribution in [-0.4, -0.2) is 26.2 Å². The van der Waals surface area contributed by atoms with Gasteiger partial charge in [-0.15, -0.1) is 0 Å². The third-order valence-corrected chi connectivity index (χ3v) is 21.6. The average Bonchev–Trinajstić information content (AvgIpc) is 4.03. The quantitative estimate of drug-likeness (QED) is 0.0562. The molecule has 4 heteroatoms.